The van der Waals surface area contributed by atoms with Crippen LogP contribution in [0.25, 0.3) is 0 Å². The minimum absolute atomic E-state index is 0.185. The molecule has 0 unspecified atom stereocenters. The Morgan fingerprint density at radius 1 is 1.27 bits per heavy atom. The van der Waals surface area contributed by atoms with Gasteiger partial charge in [0.25, 0.3) is 0 Å². The van der Waals surface area contributed by atoms with E-state index in [4.69, 9.17) is 4.74 Å². The van der Waals surface area contributed by atoms with Crippen LogP contribution in [0.4, 0.5) is 0 Å². The van der Waals surface area contributed by atoms with Gasteiger partial charge in [0.1, 0.15) is 11.4 Å². The van der Waals surface area contributed by atoms with Crippen molar-refractivity contribution < 1.29 is 9.53 Å². The van der Waals surface area contributed by atoms with Crippen LogP contribution in [0.2, 0.25) is 0 Å². The maximum Gasteiger partial charge on any atom is 0.170 e. The number of rotatable bonds is 0. The fraction of sp³-hybridized carbons (Fsp3) is 0.462. The fourth-order valence-electron chi connectivity index (χ4n) is 1.94. The van der Waals surface area contributed by atoms with E-state index < -0.39 is 0 Å². The van der Waals surface area contributed by atoms with Crippen molar-refractivity contribution in [1.29, 1.82) is 0 Å². The predicted molar refractivity (Wildman–Crippen MR) is 59.6 cm³/mol. The molecule has 1 aliphatic heterocycles. The lowest BCUT2D eigenvalue weighted by atomic mass is 9.90. The molecule has 15 heavy (non-hydrogen) atoms. The molecule has 1 aromatic rings. The van der Waals surface area contributed by atoms with E-state index in [9.17, 15) is 4.79 Å². The number of hydrogen-bond donors (Lipinski definition) is 0. The highest BCUT2D eigenvalue weighted by molar-refractivity contribution is 6.00. The third-order valence-corrected chi connectivity index (χ3v) is 2.94. The second-order valence-electron chi connectivity index (χ2n) is 4.85. The highest BCUT2D eigenvalue weighted by Crippen LogP contribution is 2.36. The molecule has 0 saturated carbocycles. The summed E-state index contributed by atoms with van der Waals surface area (Å²) in [5.41, 5.74) is 2.60. The minimum Gasteiger partial charge on any atom is -0.486 e. The number of carbonyl (C=O) groups excluding carboxylic acids is 1. The van der Waals surface area contributed by atoms with E-state index in [1.807, 2.05) is 39.8 Å². The Labute approximate surface area is 90.3 Å². The molecule has 0 N–H and O–H groups in total. The number of Topliss-reactive ketones (excluding diaryl/α,β-unsaturated/α-hetero) is 1. The van der Waals surface area contributed by atoms with E-state index in [1.165, 1.54) is 5.56 Å². The van der Waals surface area contributed by atoms with Crippen LogP contribution in [0.1, 0.15) is 41.8 Å². The number of ketones is 1. The highest BCUT2D eigenvalue weighted by atomic mass is 16.5. The summed E-state index contributed by atoms with van der Waals surface area (Å²) in [6, 6.07) is 3.85. The quantitative estimate of drug-likeness (QED) is 0.649. The van der Waals surface area contributed by atoms with Gasteiger partial charge in [-0.15, -0.1) is 0 Å². The first-order chi connectivity index (χ1) is 6.91. The summed E-state index contributed by atoms with van der Waals surface area (Å²) in [5, 5.41) is 0. The van der Waals surface area contributed by atoms with Gasteiger partial charge in [-0.1, -0.05) is 6.07 Å². The first kappa shape index (κ1) is 10.2. The van der Waals surface area contributed by atoms with Gasteiger partial charge in [-0.05, 0) is 44.9 Å². The molecule has 0 atom stereocenters. The van der Waals surface area contributed by atoms with Crippen LogP contribution >= 0.6 is 0 Å². The highest BCUT2D eigenvalue weighted by Gasteiger charge is 2.33. The Morgan fingerprint density at radius 2 is 1.93 bits per heavy atom. The molecular formula is C13H16O2. The second kappa shape index (κ2) is 3.09. The maximum atomic E-state index is 11.9. The zero-order valence-corrected chi connectivity index (χ0v) is 9.68. The van der Waals surface area contributed by atoms with E-state index >= 15 is 0 Å². The van der Waals surface area contributed by atoms with Crippen molar-refractivity contribution in [2.24, 2.45) is 0 Å². The van der Waals surface area contributed by atoms with Gasteiger partial charge in [0, 0.05) is 0 Å². The molecule has 0 amide bonds. The van der Waals surface area contributed by atoms with Gasteiger partial charge in [-0.2, -0.15) is 0 Å². The summed E-state index contributed by atoms with van der Waals surface area (Å²) >= 11 is 0. The summed E-state index contributed by atoms with van der Waals surface area (Å²) in [4.78, 5) is 11.9. The zero-order valence-electron chi connectivity index (χ0n) is 9.68. The monoisotopic (exact) mass is 204 g/mol. The van der Waals surface area contributed by atoms with E-state index in [0.717, 1.165) is 16.9 Å². The molecule has 1 aromatic carbocycles. The van der Waals surface area contributed by atoms with Crippen LogP contribution < -0.4 is 4.74 Å². The van der Waals surface area contributed by atoms with Gasteiger partial charge in [-0.3, -0.25) is 4.79 Å². The van der Waals surface area contributed by atoms with Crippen molar-refractivity contribution in [1.82, 2.24) is 0 Å². The van der Waals surface area contributed by atoms with E-state index in [-0.39, 0.29) is 11.4 Å². The van der Waals surface area contributed by atoms with Gasteiger partial charge >= 0.3 is 0 Å². The molecule has 2 rings (SSSR count). The predicted octanol–water partition coefficient (Wildman–Crippen LogP) is 3.05. The number of ether oxygens (including phenoxy) is 1. The van der Waals surface area contributed by atoms with E-state index in [0.29, 0.717) is 6.42 Å². The average molecular weight is 204 g/mol. The van der Waals surface area contributed by atoms with Crippen LogP contribution in [-0.2, 0) is 0 Å². The molecule has 0 radical (unpaired) electrons. The lowest BCUT2D eigenvalue weighted by Crippen LogP contribution is -2.36. The van der Waals surface area contributed by atoms with Crippen molar-refractivity contribution in [2.75, 3.05) is 0 Å². The molecule has 0 spiro atoms. The molecule has 1 heterocycles. The SMILES string of the molecule is Cc1ccc2c(c1C)OC(C)(C)CC2=O. The minimum atomic E-state index is -0.372. The van der Waals surface area contributed by atoms with Gasteiger partial charge in [0.2, 0.25) is 0 Å². The van der Waals surface area contributed by atoms with Crippen LogP contribution in [0.5, 0.6) is 5.75 Å². The fourth-order valence-corrected chi connectivity index (χ4v) is 1.94. The van der Waals surface area contributed by atoms with Crippen molar-refractivity contribution in [3.63, 3.8) is 0 Å². The Hall–Kier alpha value is -1.31. The van der Waals surface area contributed by atoms with Crippen LogP contribution in [0.15, 0.2) is 12.1 Å². The topological polar surface area (TPSA) is 26.3 Å². The normalized spacial score (nSPS) is 18.3. The molecule has 1 aliphatic rings. The second-order valence-corrected chi connectivity index (χ2v) is 4.85. The number of benzene rings is 1. The summed E-state index contributed by atoms with van der Waals surface area (Å²) in [6.45, 7) is 7.94. The molecular weight excluding hydrogens is 188 g/mol. The van der Waals surface area contributed by atoms with Gasteiger partial charge in [0.15, 0.2) is 5.78 Å². The summed E-state index contributed by atoms with van der Waals surface area (Å²) in [7, 11) is 0. The summed E-state index contributed by atoms with van der Waals surface area (Å²) < 4.78 is 5.88. The lowest BCUT2D eigenvalue weighted by Gasteiger charge is -2.32. The van der Waals surface area contributed by atoms with Crippen molar-refractivity contribution in [3.05, 3.63) is 28.8 Å². The van der Waals surface area contributed by atoms with Crippen LogP contribution in [0, 0.1) is 13.8 Å². The molecule has 0 saturated heterocycles. The first-order valence-corrected chi connectivity index (χ1v) is 5.23. The number of carbonyl (C=O) groups is 1. The Bertz CT molecular complexity index is 430. The van der Waals surface area contributed by atoms with Gasteiger partial charge in [0.05, 0.1) is 12.0 Å². The lowest BCUT2D eigenvalue weighted by molar-refractivity contribution is 0.0615. The first-order valence-electron chi connectivity index (χ1n) is 5.23. The smallest absolute Gasteiger partial charge is 0.170 e. The Balaban J connectivity index is 2.61. The number of fused-ring (bicyclic) bond motifs is 1. The van der Waals surface area contributed by atoms with E-state index in [2.05, 4.69) is 0 Å². The van der Waals surface area contributed by atoms with E-state index in [1.54, 1.807) is 0 Å². The van der Waals surface area contributed by atoms with Gasteiger partial charge in [-0.25, -0.2) is 0 Å². The third-order valence-electron chi connectivity index (χ3n) is 2.94. The van der Waals surface area contributed by atoms with Crippen LogP contribution in [-0.4, -0.2) is 11.4 Å². The van der Waals surface area contributed by atoms with Crippen LogP contribution in [0.3, 0.4) is 0 Å². The zero-order chi connectivity index (χ0) is 11.2. The third kappa shape index (κ3) is 1.65. The Kier molecular flexibility index (Phi) is 2.10. The summed E-state index contributed by atoms with van der Waals surface area (Å²) in [6.07, 6.45) is 0.461. The van der Waals surface area contributed by atoms with Crippen molar-refractivity contribution in [3.8, 4) is 5.75 Å². The molecule has 0 aliphatic carbocycles. The molecule has 80 valence electrons. The largest absolute Gasteiger partial charge is 0.486 e. The Morgan fingerprint density at radius 3 is 2.60 bits per heavy atom. The summed E-state index contributed by atoms with van der Waals surface area (Å²) in [5.74, 6) is 0.959. The number of hydrogen-bond acceptors (Lipinski definition) is 2. The maximum absolute atomic E-state index is 11.9. The molecule has 0 fully saturated rings. The van der Waals surface area contributed by atoms with Gasteiger partial charge < -0.3 is 4.74 Å². The molecule has 0 aromatic heterocycles. The standard InChI is InChI=1S/C13H16O2/c1-8-5-6-10-11(14)7-13(3,4)15-12(10)9(8)2/h5-6H,7H2,1-4H3. The average Bonchev–Trinajstić information content (AvgIpc) is 2.10. The molecule has 0 bridgehead atoms. The molecule has 2 nitrogen and oxygen atoms in total. The number of aryl methyl sites for hydroxylation is 1. The van der Waals surface area contributed by atoms with Crippen molar-refractivity contribution in [2.45, 2.75) is 39.7 Å². The molecule has 2 heteroatoms. The van der Waals surface area contributed by atoms with Crippen molar-refractivity contribution >= 4 is 5.78 Å².